The van der Waals surface area contributed by atoms with Crippen LogP contribution in [0.3, 0.4) is 0 Å². The highest BCUT2D eigenvalue weighted by atomic mass is 19.3. The lowest BCUT2D eigenvalue weighted by Crippen LogP contribution is -2.30. The number of aromatic nitrogens is 6. The summed E-state index contributed by atoms with van der Waals surface area (Å²) >= 11 is 0. The van der Waals surface area contributed by atoms with Gasteiger partial charge in [-0.3, -0.25) is 9.89 Å². The summed E-state index contributed by atoms with van der Waals surface area (Å²) in [7, 11) is 0. The normalized spacial score (nSPS) is 14.3. The highest BCUT2D eigenvalue weighted by molar-refractivity contribution is 5.81. The lowest BCUT2D eigenvalue weighted by atomic mass is 10.1. The van der Waals surface area contributed by atoms with E-state index >= 15 is 0 Å². The van der Waals surface area contributed by atoms with Crippen LogP contribution in [0.5, 0.6) is 0 Å². The number of nitriles is 1. The Kier molecular flexibility index (Phi) is 5.05. The number of H-pyrrole nitrogens is 1. The molecule has 5 rings (SSSR count). The molecule has 11 nitrogen and oxygen atoms in total. The maximum atomic E-state index is 13.8. The van der Waals surface area contributed by atoms with Gasteiger partial charge in [-0.15, -0.1) is 0 Å². The Morgan fingerprint density at radius 3 is 2.65 bits per heavy atom. The summed E-state index contributed by atoms with van der Waals surface area (Å²) < 4.78 is 28.8. The quantitative estimate of drug-likeness (QED) is 0.333. The molecular formula is C21H18F2N10O. The first-order chi connectivity index (χ1) is 16.4. The smallest absolute Gasteiger partial charge is 0.267 e. The van der Waals surface area contributed by atoms with Crippen molar-refractivity contribution in [3.8, 4) is 11.9 Å². The van der Waals surface area contributed by atoms with E-state index in [4.69, 9.17) is 11.5 Å². The molecule has 172 valence electrons. The van der Waals surface area contributed by atoms with Crippen LogP contribution in [0, 0.1) is 17.2 Å². The number of anilines is 3. The van der Waals surface area contributed by atoms with Gasteiger partial charge in [0.2, 0.25) is 5.95 Å². The predicted octanol–water partition coefficient (Wildman–Crippen LogP) is 2.44. The van der Waals surface area contributed by atoms with E-state index < -0.39 is 18.0 Å². The molecule has 1 unspecified atom stereocenters. The van der Waals surface area contributed by atoms with E-state index in [1.807, 2.05) is 6.07 Å². The van der Waals surface area contributed by atoms with Gasteiger partial charge >= 0.3 is 0 Å². The van der Waals surface area contributed by atoms with Crippen molar-refractivity contribution in [3.63, 3.8) is 0 Å². The van der Waals surface area contributed by atoms with Crippen LogP contribution in [-0.2, 0) is 0 Å². The van der Waals surface area contributed by atoms with Crippen molar-refractivity contribution in [1.82, 2.24) is 29.7 Å². The van der Waals surface area contributed by atoms with E-state index in [2.05, 4.69) is 30.5 Å². The Labute approximate surface area is 190 Å². The molecule has 0 radical (unpaired) electrons. The summed E-state index contributed by atoms with van der Waals surface area (Å²) in [5, 5.41) is 19.5. The van der Waals surface area contributed by atoms with Crippen molar-refractivity contribution in [2.45, 2.75) is 25.3 Å². The number of halogens is 2. The Morgan fingerprint density at radius 1 is 1.21 bits per heavy atom. The molecule has 0 saturated heterocycles. The molecular weight excluding hydrogens is 446 g/mol. The number of nitrogens with zero attached hydrogens (tertiary/aromatic N) is 6. The number of aromatic amines is 1. The number of hydrogen-bond donors (Lipinski definition) is 4. The number of para-hydroxylation sites is 1. The average Bonchev–Trinajstić information content (AvgIpc) is 3.50. The number of nitrogen functional groups attached to an aromatic ring is 2. The minimum Gasteiger partial charge on any atom is -0.382 e. The fourth-order valence-corrected chi connectivity index (χ4v) is 3.91. The van der Waals surface area contributed by atoms with Crippen LogP contribution in [0.25, 0.3) is 16.7 Å². The summed E-state index contributed by atoms with van der Waals surface area (Å²) in [5.41, 5.74) is 10.5. The van der Waals surface area contributed by atoms with Crippen LogP contribution in [0.4, 0.5) is 26.4 Å². The molecule has 3 aromatic heterocycles. The summed E-state index contributed by atoms with van der Waals surface area (Å²) in [6, 6.07) is 6.91. The maximum absolute atomic E-state index is 13.8. The van der Waals surface area contributed by atoms with Gasteiger partial charge in [0.25, 0.3) is 12.0 Å². The monoisotopic (exact) mass is 464 g/mol. The molecule has 0 amide bonds. The Morgan fingerprint density at radius 2 is 2.00 bits per heavy atom. The van der Waals surface area contributed by atoms with Gasteiger partial charge < -0.3 is 16.8 Å². The fourth-order valence-electron chi connectivity index (χ4n) is 3.91. The van der Waals surface area contributed by atoms with Crippen LogP contribution in [0.15, 0.2) is 35.3 Å². The van der Waals surface area contributed by atoms with Crippen molar-refractivity contribution in [2.75, 3.05) is 16.8 Å². The first-order valence-electron chi connectivity index (χ1n) is 10.3. The molecule has 1 aromatic carbocycles. The third-order valence-electron chi connectivity index (χ3n) is 5.64. The van der Waals surface area contributed by atoms with Gasteiger partial charge in [-0.1, -0.05) is 12.1 Å². The van der Waals surface area contributed by atoms with E-state index in [-0.39, 0.29) is 57.2 Å². The Bertz CT molecular complexity index is 1490. The number of benzene rings is 1. The van der Waals surface area contributed by atoms with Crippen LogP contribution in [0.1, 0.15) is 42.3 Å². The number of rotatable bonds is 6. The van der Waals surface area contributed by atoms with Crippen molar-refractivity contribution in [3.05, 3.63) is 57.8 Å². The zero-order valence-corrected chi connectivity index (χ0v) is 17.5. The van der Waals surface area contributed by atoms with Gasteiger partial charge in [0.05, 0.1) is 16.9 Å². The first kappa shape index (κ1) is 21.3. The van der Waals surface area contributed by atoms with Crippen molar-refractivity contribution < 1.29 is 8.78 Å². The number of nitrogens with two attached hydrogens (primary N) is 2. The number of alkyl halides is 2. The first-order valence-corrected chi connectivity index (χ1v) is 10.3. The number of fused-ring (bicyclic) bond motifs is 1. The number of hydrogen-bond acceptors (Lipinski definition) is 9. The molecule has 1 saturated carbocycles. The Hall–Kier alpha value is -4.60. The van der Waals surface area contributed by atoms with Crippen LogP contribution in [-0.4, -0.2) is 29.7 Å². The molecule has 13 heteroatoms. The second-order valence-corrected chi connectivity index (χ2v) is 7.85. The second kappa shape index (κ2) is 8.07. The minimum atomic E-state index is -2.83. The van der Waals surface area contributed by atoms with Gasteiger partial charge in [0, 0.05) is 17.8 Å². The highest BCUT2D eigenvalue weighted by Gasteiger charge is 2.37. The summed E-state index contributed by atoms with van der Waals surface area (Å²) in [4.78, 5) is 26.0. The molecule has 1 aliphatic carbocycles. The molecule has 0 spiro atoms. The van der Waals surface area contributed by atoms with Crippen molar-refractivity contribution in [2.24, 2.45) is 5.92 Å². The lowest BCUT2D eigenvalue weighted by Gasteiger charge is -2.23. The molecule has 34 heavy (non-hydrogen) atoms. The molecule has 0 bridgehead atoms. The zero-order valence-electron chi connectivity index (χ0n) is 17.5. The van der Waals surface area contributed by atoms with Crippen LogP contribution >= 0.6 is 0 Å². The largest absolute Gasteiger partial charge is 0.382 e. The number of nitrogens with one attached hydrogen (secondary N) is 2. The van der Waals surface area contributed by atoms with E-state index in [1.54, 1.807) is 6.07 Å². The average molecular weight is 464 g/mol. The lowest BCUT2D eigenvalue weighted by molar-refractivity contribution is 0.153. The maximum Gasteiger partial charge on any atom is 0.267 e. The second-order valence-electron chi connectivity index (χ2n) is 7.85. The summed E-state index contributed by atoms with van der Waals surface area (Å²) in [6.07, 6.45) is 0.259. The molecule has 1 atom stereocenters. The molecule has 0 aliphatic heterocycles. The van der Waals surface area contributed by atoms with Gasteiger partial charge in [0.15, 0.2) is 11.6 Å². The molecule has 1 aliphatic rings. The highest BCUT2D eigenvalue weighted by Crippen LogP contribution is 2.43. The fraction of sp³-hybridized carbons (Fsp3) is 0.238. The minimum absolute atomic E-state index is 0.0165. The predicted molar refractivity (Wildman–Crippen MR) is 119 cm³/mol. The summed E-state index contributed by atoms with van der Waals surface area (Å²) in [6.45, 7) is 0. The van der Waals surface area contributed by atoms with E-state index in [1.165, 1.54) is 29.0 Å². The van der Waals surface area contributed by atoms with Gasteiger partial charge in [0.1, 0.15) is 23.3 Å². The third-order valence-corrected chi connectivity index (χ3v) is 5.64. The van der Waals surface area contributed by atoms with Crippen LogP contribution < -0.4 is 22.3 Å². The topological polar surface area (TPSA) is 177 Å². The van der Waals surface area contributed by atoms with Gasteiger partial charge in [-0.2, -0.15) is 20.3 Å². The van der Waals surface area contributed by atoms with Crippen molar-refractivity contribution >= 4 is 28.5 Å². The standard InChI is InChI=1S/C21H18F2N10O/c22-16(23)10-2-1-3-11-15(10)29-19(33(20(11)34)13-6-7-27-32-13)14(9-4-5-9)28-18-12(8-24)17(25)30-21(26)31-18/h1-3,6-7,9,14,16H,4-5H2,(H,27,32)(H5,25,26,28,30,31). The van der Waals surface area contributed by atoms with Gasteiger partial charge in [-0.25, -0.2) is 18.3 Å². The van der Waals surface area contributed by atoms with Crippen molar-refractivity contribution in [1.29, 1.82) is 5.26 Å². The van der Waals surface area contributed by atoms with Gasteiger partial charge in [-0.05, 0) is 24.8 Å². The third kappa shape index (κ3) is 3.54. The molecule has 3 heterocycles. The van der Waals surface area contributed by atoms with E-state index in [0.29, 0.717) is 0 Å². The zero-order chi connectivity index (χ0) is 24.0. The molecule has 1 fully saturated rings. The SMILES string of the molecule is N#Cc1c(N)nc(N)nc1NC(c1nc2c(C(F)F)cccc2c(=O)n1-c1cc[nH]n1)C1CC1. The summed E-state index contributed by atoms with van der Waals surface area (Å²) in [5.74, 6) is 0.186. The van der Waals surface area contributed by atoms with E-state index in [0.717, 1.165) is 12.8 Å². The molecule has 6 N–H and O–H groups in total. The van der Waals surface area contributed by atoms with Crippen LogP contribution in [0.2, 0.25) is 0 Å². The Balaban J connectivity index is 1.77. The molecule has 4 aromatic rings. The van der Waals surface area contributed by atoms with E-state index in [9.17, 15) is 18.8 Å².